The molecule has 1 amide bonds. The molecule has 32 heavy (non-hydrogen) atoms. The Morgan fingerprint density at radius 1 is 0.969 bits per heavy atom. The monoisotopic (exact) mass is 478 g/mol. The highest BCUT2D eigenvalue weighted by molar-refractivity contribution is 6.30. The van der Waals surface area contributed by atoms with Gasteiger partial charge in [-0.3, -0.25) is 4.79 Å². The zero-order valence-electron chi connectivity index (χ0n) is 17.1. The minimum atomic E-state index is -4.95. The van der Waals surface area contributed by atoms with Crippen molar-refractivity contribution < 1.29 is 31.1 Å². The SMILES string of the molecule is CN(Cc1cc(C(F)(F)F)cc(C(F)(F)F)c1)C(=O)C1(c2ccc(Cl)cc2)CCNCC1. The van der Waals surface area contributed by atoms with Crippen molar-refractivity contribution in [2.24, 2.45) is 0 Å². The molecule has 0 aromatic heterocycles. The average Bonchev–Trinajstić information content (AvgIpc) is 2.72. The molecule has 3 nitrogen and oxygen atoms in total. The molecular weight excluding hydrogens is 458 g/mol. The van der Waals surface area contributed by atoms with Crippen LogP contribution in [-0.2, 0) is 29.1 Å². The number of piperidine rings is 1. The van der Waals surface area contributed by atoms with Gasteiger partial charge in [0.15, 0.2) is 0 Å². The molecule has 0 unspecified atom stereocenters. The third-order valence-corrected chi connectivity index (χ3v) is 5.93. The van der Waals surface area contributed by atoms with Crippen molar-refractivity contribution in [3.05, 3.63) is 69.7 Å². The first-order valence-corrected chi connectivity index (χ1v) is 10.2. The van der Waals surface area contributed by atoms with E-state index in [4.69, 9.17) is 11.6 Å². The second-order valence-corrected chi connectivity index (χ2v) is 8.35. The number of alkyl halides is 6. The molecule has 174 valence electrons. The van der Waals surface area contributed by atoms with Crippen molar-refractivity contribution in [3.8, 4) is 0 Å². The number of halogens is 7. The number of amides is 1. The molecule has 1 saturated heterocycles. The maximum absolute atomic E-state index is 13.5. The smallest absolute Gasteiger partial charge is 0.341 e. The van der Waals surface area contributed by atoms with Crippen LogP contribution in [0.25, 0.3) is 0 Å². The summed E-state index contributed by atoms with van der Waals surface area (Å²) in [5.74, 6) is -0.368. The molecule has 0 aliphatic carbocycles. The first kappa shape index (κ1) is 24.4. The number of likely N-dealkylation sites (N-methyl/N-ethyl adjacent to an activating group) is 1. The topological polar surface area (TPSA) is 32.3 Å². The van der Waals surface area contributed by atoms with Crippen LogP contribution in [-0.4, -0.2) is 30.9 Å². The van der Waals surface area contributed by atoms with Gasteiger partial charge in [-0.1, -0.05) is 23.7 Å². The summed E-state index contributed by atoms with van der Waals surface area (Å²) < 4.78 is 79.0. The summed E-state index contributed by atoms with van der Waals surface area (Å²) in [5, 5.41) is 3.65. The maximum Gasteiger partial charge on any atom is 0.416 e. The largest absolute Gasteiger partial charge is 0.416 e. The van der Waals surface area contributed by atoms with E-state index >= 15 is 0 Å². The summed E-state index contributed by atoms with van der Waals surface area (Å²) in [7, 11) is 1.38. The molecule has 2 aromatic rings. The number of nitrogens with one attached hydrogen (secondary N) is 1. The number of benzene rings is 2. The molecular formula is C22H21ClF6N2O. The predicted octanol–water partition coefficient (Wildman–Crippen LogP) is 5.66. The van der Waals surface area contributed by atoms with Gasteiger partial charge in [0.25, 0.3) is 0 Å². The Labute approximate surface area is 186 Å². The highest BCUT2D eigenvalue weighted by Crippen LogP contribution is 2.38. The van der Waals surface area contributed by atoms with Gasteiger partial charge in [-0.25, -0.2) is 0 Å². The highest BCUT2D eigenvalue weighted by atomic mass is 35.5. The molecule has 1 aliphatic rings. The van der Waals surface area contributed by atoms with E-state index in [1.54, 1.807) is 24.3 Å². The minimum absolute atomic E-state index is 0.0767. The van der Waals surface area contributed by atoms with Crippen molar-refractivity contribution in [2.45, 2.75) is 37.2 Å². The first-order valence-electron chi connectivity index (χ1n) is 9.84. The molecule has 2 aromatic carbocycles. The Morgan fingerprint density at radius 3 is 1.94 bits per heavy atom. The lowest BCUT2D eigenvalue weighted by molar-refractivity contribution is -0.143. The van der Waals surface area contributed by atoms with Crippen LogP contribution in [0.1, 0.15) is 35.1 Å². The first-order chi connectivity index (χ1) is 14.8. The van der Waals surface area contributed by atoms with Crippen LogP contribution in [0.4, 0.5) is 26.3 Å². The van der Waals surface area contributed by atoms with Gasteiger partial charge >= 0.3 is 12.4 Å². The Bertz CT molecular complexity index is 934. The van der Waals surface area contributed by atoms with Gasteiger partial charge in [-0.05, 0) is 67.4 Å². The zero-order chi connectivity index (χ0) is 23.7. The number of carbonyl (C=O) groups is 1. The second-order valence-electron chi connectivity index (χ2n) is 7.91. The van der Waals surface area contributed by atoms with Gasteiger partial charge in [0, 0.05) is 18.6 Å². The number of nitrogens with zero attached hydrogens (tertiary/aromatic N) is 1. The summed E-state index contributed by atoms with van der Waals surface area (Å²) in [5.41, 5.74) is -3.29. The van der Waals surface area contributed by atoms with E-state index in [-0.39, 0.29) is 17.5 Å². The lowest BCUT2D eigenvalue weighted by Crippen LogP contribution is -2.51. The van der Waals surface area contributed by atoms with Gasteiger partial charge < -0.3 is 10.2 Å². The number of rotatable bonds is 4. The summed E-state index contributed by atoms with van der Waals surface area (Å²) >= 11 is 5.96. The van der Waals surface area contributed by atoms with Crippen molar-refractivity contribution >= 4 is 17.5 Å². The fraction of sp³-hybridized carbons (Fsp3) is 0.409. The average molecular weight is 479 g/mol. The van der Waals surface area contributed by atoms with Crippen molar-refractivity contribution in [2.75, 3.05) is 20.1 Å². The van der Waals surface area contributed by atoms with Crippen LogP contribution in [0.5, 0.6) is 0 Å². The van der Waals surface area contributed by atoms with Crippen LogP contribution in [0.15, 0.2) is 42.5 Å². The molecule has 0 radical (unpaired) electrons. The lowest BCUT2D eigenvalue weighted by Gasteiger charge is -2.39. The van der Waals surface area contributed by atoms with Crippen molar-refractivity contribution in [1.29, 1.82) is 0 Å². The summed E-state index contributed by atoms with van der Waals surface area (Å²) in [6, 6.07) is 8.13. The van der Waals surface area contributed by atoms with Gasteiger partial charge in [0.1, 0.15) is 0 Å². The molecule has 10 heteroatoms. The predicted molar refractivity (Wildman–Crippen MR) is 108 cm³/mol. The summed E-state index contributed by atoms with van der Waals surface area (Å²) in [6.45, 7) is 0.697. The third kappa shape index (κ3) is 5.20. The van der Waals surface area contributed by atoms with E-state index in [0.717, 1.165) is 0 Å². The molecule has 0 saturated carbocycles. The van der Waals surface area contributed by atoms with E-state index in [9.17, 15) is 31.1 Å². The van der Waals surface area contributed by atoms with Gasteiger partial charge in [-0.15, -0.1) is 0 Å². The van der Waals surface area contributed by atoms with Crippen LogP contribution < -0.4 is 5.32 Å². The quantitative estimate of drug-likeness (QED) is 0.575. The molecule has 0 bridgehead atoms. The van der Waals surface area contributed by atoms with Crippen LogP contribution in [0, 0.1) is 0 Å². The van der Waals surface area contributed by atoms with Gasteiger partial charge in [0.05, 0.1) is 16.5 Å². The van der Waals surface area contributed by atoms with E-state index < -0.39 is 35.4 Å². The number of hydrogen-bond donors (Lipinski definition) is 1. The minimum Gasteiger partial charge on any atom is -0.341 e. The highest BCUT2D eigenvalue weighted by Gasteiger charge is 2.43. The molecule has 0 spiro atoms. The zero-order valence-corrected chi connectivity index (χ0v) is 17.8. The molecule has 1 aliphatic heterocycles. The normalized spacial score (nSPS) is 16.6. The Kier molecular flexibility index (Phi) is 6.81. The second kappa shape index (κ2) is 8.94. The molecule has 1 fully saturated rings. The van der Waals surface area contributed by atoms with Crippen LogP contribution >= 0.6 is 11.6 Å². The van der Waals surface area contributed by atoms with E-state index in [1.165, 1.54) is 11.9 Å². The van der Waals surface area contributed by atoms with E-state index in [0.29, 0.717) is 48.6 Å². The third-order valence-electron chi connectivity index (χ3n) is 5.68. The molecule has 1 heterocycles. The van der Waals surface area contributed by atoms with Crippen molar-refractivity contribution in [3.63, 3.8) is 0 Å². The Morgan fingerprint density at radius 2 is 1.47 bits per heavy atom. The fourth-order valence-corrected chi connectivity index (χ4v) is 4.20. The molecule has 3 rings (SSSR count). The van der Waals surface area contributed by atoms with E-state index in [1.807, 2.05) is 0 Å². The number of hydrogen-bond acceptors (Lipinski definition) is 2. The Hall–Kier alpha value is -2.26. The Balaban J connectivity index is 1.95. The lowest BCUT2D eigenvalue weighted by atomic mass is 9.72. The van der Waals surface area contributed by atoms with Crippen LogP contribution in [0.2, 0.25) is 5.02 Å². The van der Waals surface area contributed by atoms with Gasteiger partial charge in [0.2, 0.25) is 5.91 Å². The van der Waals surface area contributed by atoms with Crippen LogP contribution in [0.3, 0.4) is 0 Å². The summed E-state index contributed by atoms with van der Waals surface area (Å²) in [4.78, 5) is 14.7. The molecule has 1 N–H and O–H groups in total. The van der Waals surface area contributed by atoms with Crippen molar-refractivity contribution in [1.82, 2.24) is 10.2 Å². The standard InChI is InChI=1S/C22H21ClF6N2O/c1-31(13-14-10-16(21(24,25)26)12-17(11-14)22(27,28)29)19(32)20(6-8-30-9-7-20)15-2-4-18(23)5-3-15/h2-5,10-12,30H,6-9,13H2,1H3. The summed E-state index contributed by atoms with van der Waals surface area (Å²) in [6.07, 6.45) is -9.02. The van der Waals surface area contributed by atoms with E-state index in [2.05, 4.69) is 5.32 Å². The van der Waals surface area contributed by atoms with Gasteiger partial charge in [-0.2, -0.15) is 26.3 Å². The number of carbonyl (C=O) groups excluding carboxylic acids is 1. The maximum atomic E-state index is 13.5. The molecule has 0 atom stereocenters. The fourth-order valence-electron chi connectivity index (χ4n) is 4.07.